The van der Waals surface area contributed by atoms with Crippen molar-refractivity contribution >= 4 is 70.0 Å². The maximum absolute atomic E-state index is 14.7. The Balaban J connectivity index is 1.29. The van der Waals surface area contributed by atoms with E-state index in [1.165, 1.54) is 30.3 Å². The van der Waals surface area contributed by atoms with Gasteiger partial charge in [-0.2, -0.15) is 0 Å². The van der Waals surface area contributed by atoms with Gasteiger partial charge >= 0.3 is 7.12 Å². The van der Waals surface area contributed by atoms with Crippen LogP contribution in [0.3, 0.4) is 0 Å². The largest absolute Gasteiger partial charge is 0.507 e. The van der Waals surface area contributed by atoms with Gasteiger partial charge in [-0.05, 0) is 66.9 Å². The quantitative estimate of drug-likeness (QED) is 0.165. The number of hydrogen-bond acceptors (Lipinski definition) is 7. The number of benzene rings is 4. The fourth-order valence-electron chi connectivity index (χ4n) is 8.81. The minimum absolute atomic E-state index is 0.0508. The average Bonchev–Trinajstić information content (AvgIpc) is 3.46. The van der Waals surface area contributed by atoms with Crippen molar-refractivity contribution in [3.05, 3.63) is 107 Å². The summed E-state index contributed by atoms with van der Waals surface area (Å²) in [6.45, 7) is 1.70. The van der Waals surface area contributed by atoms with Crippen molar-refractivity contribution in [3.8, 4) is 5.75 Å². The highest BCUT2D eigenvalue weighted by molar-refractivity contribution is 6.58. The Kier molecular flexibility index (Phi) is 7.12. The molecule has 2 aliphatic heterocycles. The summed E-state index contributed by atoms with van der Waals surface area (Å²) >= 11 is 6.09. The molecule has 8 rings (SSSR count). The molecule has 6 unspecified atom stereocenters. The molecule has 3 N–H and O–H groups in total. The number of phenolic OH excluding ortho intramolecular Hbond substituents is 1. The smallest absolute Gasteiger partial charge is 0.488 e. The molecule has 2 aliphatic carbocycles. The molecule has 2 saturated heterocycles. The number of rotatable bonds is 4. The van der Waals surface area contributed by atoms with Crippen molar-refractivity contribution < 1.29 is 38.7 Å². The van der Waals surface area contributed by atoms with E-state index in [4.69, 9.17) is 11.6 Å². The van der Waals surface area contributed by atoms with E-state index < -0.39 is 71.6 Å². The van der Waals surface area contributed by atoms with Crippen LogP contribution in [-0.4, -0.2) is 45.9 Å². The first-order chi connectivity index (χ1) is 23.4. The number of anilines is 2. The third-order valence-corrected chi connectivity index (χ3v) is 11.4. The number of phenols is 1. The van der Waals surface area contributed by atoms with Gasteiger partial charge in [0.1, 0.15) is 11.6 Å². The molecule has 1 saturated carbocycles. The van der Waals surface area contributed by atoms with Crippen LogP contribution in [0.2, 0.25) is 5.02 Å². The van der Waals surface area contributed by atoms with E-state index in [-0.39, 0.29) is 40.5 Å². The van der Waals surface area contributed by atoms with Gasteiger partial charge in [0.05, 0.1) is 39.6 Å². The molecule has 12 heteroatoms. The number of carbonyl (C=O) groups excluding carboxylic acids is 4. The minimum Gasteiger partial charge on any atom is -0.507 e. The molecule has 0 aromatic heterocycles. The van der Waals surface area contributed by atoms with E-state index >= 15 is 0 Å². The van der Waals surface area contributed by atoms with Crippen LogP contribution in [0.5, 0.6) is 5.75 Å². The molecular formula is C37H29BClFN2O7. The molecule has 3 fully saturated rings. The number of aromatic hydroxyl groups is 1. The predicted octanol–water partition coefficient (Wildman–Crippen LogP) is 4.45. The van der Waals surface area contributed by atoms with Gasteiger partial charge in [0.25, 0.3) is 0 Å². The van der Waals surface area contributed by atoms with E-state index in [1.807, 2.05) is 24.3 Å². The monoisotopic (exact) mass is 678 g/mol. The zero-order valence-corrected chi connectivity index (χ0v) is 26.8. The van der Waals surface area contributed by atoms with Crippen molar-refractivity contribution in [1.29, 1.82) is 0 Å². The Hall–Kier alpha value is -4.84. The lowest BCUT2D eigenvalue weighted by Gasteiger charge is -2.49. The molecule has 0 radical (unpaired) electrons. The summed E-state index contributed by atoms with van der Waals surface area (Å²) < 4.78 is 14.2. The maximum atomic E-state index is 14.7. The highest BCUT2D eigenvalue weighted by Crippen LogP contribution is 2.64. The van der Waals surface area contributed by atoms with Gasteiger partial charge < -0.3 is 15.2 Å². The van der Waals surface area contributed by atoms with Crippen LogP contribution in [0.1, 0.15) is 31.2 Å². The summed E-state index contributed by atoms with van der Waals surface area (Å²) in [6, 6.07) is 20.4. The Morgan fingerprint density at radius 2 is 1.61 bits per heavy atom. The third-order valence-electron chi connectivity index (χ3n) is 11.1. The molecule has 49 heavy (non-hydrogen) atoms. The minimum atomic E-state index is -1.81. The van der Waals surface area contributed by atoms with Crippen molar-refractivity contribution in [2.24, 2.45) is 29.1 Å². The van der Waals surface area contributed by atoms with Crippen molar-refractivity contribution in [1.82, 2.24) is 0 Å². The van der Waals surface area contributed by atoms with Crippen molar-refractivity contribution in [2.75, 3.05) is 9.80 Å². The van der Waals surface area contributed by atoms with Crippen LogP contribution in [-0.2, 0) is 19.2 Å². The number of allylic oxidation sites excluding steroid dienone is 2. The standard InChI is InChI=1S/C37H29BClFN2O7/c1-37-27(34(45)42(36(37)47)21-10-14-29(40)28(39)16-21)17-26-23(31(37)25-11-9-18-5-2-3-8-22(18)32(25)43)12-13-24-30(26)35(46)41(33(24)44)20-7-4-6-19(15-20)38(48)49/h2-12,14-16,24,26-27,30-31,43,48-49H,13,17H2,1H3. The first-order valence-corrected chi connectivity index (χ1v) is 16.4. The number of hydrogen-bond donors (Lipinski definition) is 3. The second-order valence-corrected chi connectivity index (χ2v) is 13.9. The summed E-state index contributed by atoms with van der Waals surface area (Å²) in [5.74, 6) is -6.86. The molecule has 4 aliphatic rings. The van der Waals surface area contributed by atoms with Gasteiger partial charge in [0, 0.05) is 16.9 Å². The van der Waals surface area contributed by atoms with Gasteiger partial charge in [0.15, 0.2) is 0 Å². The average molecular weight is 679 g/mol. The summed E-state index contributed by atoms with van der Waals surface area (Å²) in [4.78, 5) is 59.4. The first-order valence-electron chi connectivity index (χ1n) is 16.0. The number of halogens is 2. The number of fused-ring (bicyclic) bond motifs is 5. The van der Waals surface area contributed by atoms with Crippen LogP contribution in [0.4, 0.5) is 15.8 Å². The maximum Gasteiger partial charge on any atom is 0.488 e. The summed E-state index contributed by atoms with van der Waals surface area (Å²) in [7, 11) is -1.81. The van der Waals surface area contributed by atoms with Crippen LogP contribution in [0.15, 0.2) is 90.5 Å². The van der Waals surface area contributed by atoms with Gasteiger partial charge in [-0.3, -0.25) is 24.1 Å². The second kappa shape index (κ2) is 11.1. The second-order valence-electron chi connectivity index (χ2n) is 13.5. The molecule has 9 nitrogen and oxygen atoms in total. The number of nitrogens with zero attached hydrogens (tertiary/aromatic N) is 2. The van der Waals surface area contributed by atoms with Crippen molar-refractivity contribution in [2.45, 2.75) is 25.7 Å². The van der Waals surface area contributed by atoms with Crippen LogP contribution in [0, 0.1) is 34.9 Å². The number of amides is 4. The fourth-order valence-corrected chi connectivity index (χ4v) is 8.99. The molecule has 4 aromatic carbocycles. The molecule has 0 spiro atoms. The van der Waals surface area contributed by atoms with Crippen molar-refractivity contribution in [3.63, 3.8) is 0 Å². The molecule has 6 atom stereocenters. The summed E-state index contributed by atoms with van der Waals surface area (Å²) in [6.07, 6.45) is 2.14. The Morgan fingerprint density at radius 1 is 0.857 bits per heavy atom. The summed E-state index contributed by atoms with van der Waals surface area (Å²) in [5.41, 5.74) is 0.102. The topological polar surface area (TPSA) is 135 Å². The Labute approximate surface area is 285 Å². The predicted molar refractivity (Wildman–Crippen MR) is 180 cm³/mol. The molecule has 246 valence electrons. The molecule has 2 heterocycles. The highest BCUT2D eigenvalue weighted by Gasteiger charge is 2.68. The van der Waals surface area contributed by atoms with Crippen LogP contribution >= 0.6 is 11.6 Å². The third kappa shape index (κ3) is 4.38. The van der Waals surface area contributed by atoms with Gasteiger partial charge in [-0.25, -0.2) is 9.29 Å². The zero-order valence-electron chi connectivity index (χ0n) is 26.1. The molecular weight excluding hydrogens is 650 g/mol. The van der Waals surface area contributed by atoms with Crippen LogP contribution < -0.4 is 15.3 Å². The van der Waals surface area contributed by atoms with E-state index in [0.29, 0.717) is 16.5 Å². The fraction of sp³-hybridized carbons (Fsp3) is 0.243. The zero-order chi connectivity index (χ0) is 34.5. The number of imide groups is 2. The highest BCUT2D eigenvalue weighted by atomic mass is 35.5. The van der Waals surface area contributed by atoms with E-state index in [0.717, 1.165) is 21.3 Å². The summed E-state index contributed by atoms with van der Waals surface area (Å²) in [5, 5.41) is 32.4. The normalized spacial score (nSPS) is 27.7. The van der Waals surface area contributed by atoms with Crippen LogP contribution in [0.25, 0.3) is 10.8 Å². The Bertz CT molecular complexity index is 2170. The van der Waals surface area contributed by atoms with E-state index in [2.05, 4.69) is 0 Å². The molecule has 4 aromatic rings. The van der Waals surface area contributed by atoms with E-state index in [1.54, 1.807) is 31.2 Å². The van der Waals surface area contributed by atoms with E-state index in [9.17, 15) is 38.7 Å². The lowest BCUT2D eigenvalue weighted by atomic mass is 9.51. The lowest BCUT2D eigenvalue weighted by molar-refractivity contribution is -0.131. The van der Waals surface area contributed by atoms with Gasteiger partial charge in [0.2, 0.25) is 23.6 Å². The van der Waals surface area contributed by atoms with Gasteiger partial charge in [-0.1, -0.05) is 71.8 Å². The Morgan fingerprint density at radius 3 is 2.37 bits per heavy atom. The SMILES string of the molecule is CC12C(=O)N(c3ccc(F)c(Cl)c3)C(=O)C1CC1C(=CCC3C(=O)N(c4cccc(B(O)O)c4)C(=O)C31)C2c1ccc2ccccc2c1O. The molecule has 0 bridgehead atoms. The lowest BCUT2D eigenvalue weighted by Crippen LogP contribution is -2.49. The number of carbonyl (C=O) groups is 4. The van der Waals surface area contributed by atoms with Gasteiger partial charge in [-0.15, -0.1) is 0 Å². The molecule has 4 amide bonds. The first kappa shape index (κ1) is 31.4.